The van der Waals surface area contributed by atoms with Gasteiger partial charge in [-0.25, -0.2) is 0 Å². The Morgan fingerprint density at radius 1 is 1.35 bits per heavy atom. The van der Waals surface area contributed by atoms with Crippen molar-refractivity contribution >= 4 is 28.5 Å². The summed E-state index contributed by atoms with van der Waals surface area (Å²) in [5.41, 5.74) is -0.146. The van der Waals surface area contributed by atoms with Crippen LogP contribution < -0.4 is 10.3 Å². The van der Waals surface area contributed by atoms with Crippen LogP contribution in [-0.2, 0) is 28.1 Å². The zero-order chi connectivity index (χ0) is 19.3. The van der Waals surface area contributed by atoms with Crippen LogP contribution in [0.25, 0.3) is 0 Å². The van der Waals surface area contributed by atoms with Gasteiger partial charge in [0.25, 0.3) is 5.56 Å². The van der Waals surface area contributed by atoms with E-state index in [4.69, 9.17) is 21.1 Å². The van der Waals surface area contributed by atoms with E-state index >= 15 is 0 Å². The summed E-state index contributed by atoms with van der Waals surface area (Å²) in [6.45, 7) is 2.53. The van der Waals surface area contributed by atoms with Gasteiger partial charge in [0.2, 0.25) is 5.78 Å². The molecule has 0 aliphatic heterocycles. The molecule has 1 N–H and O–H groups in total. The Morgan fingerprint density at radius 3 is 2.65 bits per heavy atom. The first-order chi connectivity index (χ1) is 12.4. The van der Waals surface area contributed by atoms with Gasteiger partial charge in [0, 0.05) is 36.7 Å². The van der Waals surface area contributed by atoms with Crippen molar-refractivity contribution < 1.29 is 23.0 Å². The Labute approximate surface area is 157 Å². The molecule has 1 aromatic carbocycles. The standard InChI is InChI=1S/C16H19ClN2O6S/c1-3-19-16(21)12(8-18-19)14(20)11-5-4-10(9-26(22)23)15(13(11)17)25-7-6-24-2/h4-5,8,18H,3,6-7,9H2,1-2H3,(H,22,23)/p-1. The zero-order valence-corrected chi connectivity index (χ0v) is 15.8. The van der Waals surface area contributed by atoms with Crippen molar-refractivity contribution in [3.8, 4) is 5.75 Å². The minimum atomic E-state index is -2.36. The number of rotatable bonds is 9. The van der Waals surface area contributed by atoms with E-state index in [0.717, 1.165) is 0 Å². The summed E-state index contributed by atoms with van der Waals surface area (Å²) in [4.78, 5) is 24.9. The number of carbonyl (C=O) groups excluding carboxylic acids is 1. The lowest BCUT2D eigenvalue weighted by atomic mass is 10.0. The van der Waals surface area contributed by atoms with Crippen LogP contribution in [-0.4, -0.2) is 44.6 Å². The molecule has 0 saturated carbocycles. The number of H-pyrrole nitrogens is 1. The third kappa shape index (κ3) is 4.42. The van der Waals surface area contributed by atoms with Crippen LogP contribution >= 0.6 is 11.6 Å². The lowest BCUT2D eigenvalue weighted by Gasteiger charge is -2.16. The number of aryl methyl sites for hydroxylation is 1. The van der Waals surface area contributed by atoms with Crippen LogP contribution in [0.4, 0.5) is 0 Å². The van der Waals surface area contributed by atoms with E-state index in [-0.39, 0.29) is 40.9 Å². The number of nitrogens with one attached hydrogen (secondary N) is 1. The molecule has 0 saturated heterocycles. The first-order valence-corrected chi connectivity index (χ1v) is 9.34. The molecule has 0 fully saturated rings. The van der Waals surface area contributed by atoms with E-state index in [2.05, 4.69) is 5.10 Å². The van der Waals surface area contributed by atoms with E-state index in [1.807, 2.05) is 0 Å². The minimum absolute atomic E-state index is 0.0438. The lowest BCUT2D eigenvalue weighted by molar-refractivity contribution is 0.103. The number of methoxy groups -OCH3 is 1. The van der Waals surface area contributed by atoms with Crippen molar-refractivity contribution in [2.24, 2.45) is 0 Å². The van der Waals surface area contributed by atoms with Crippen molar-refractivity contribution in [1.29, 1.82) is 0 Å². The molecule has 1 unspecified atom stereocenters. The van der Waals surface area contributed by atoms with Crippen molar-refractivity contribution in [3.05, 3.63) is 50.4 Å². The number of carbonyl (C=O) groups is 1. The highest BCUT2D eigenvalue weighted by molar-refractivity contribution is 7.78. The molecule has 8 nitrogen and oxygen atoms in total. The van der Waals surface area contributed by atoms with Gasteiger partial charge in [-0.1, -0.05) is 28.7 Å². The molecule has 0 aliphatic rings. The predicted octanol–water partition coefficient (Wildman–Crippen LogP) is 1.48. The van der Waals surface area contributed by atoms with Crippen LogP contribution in [0.3, 0.4) is 0 Å². The van der Waals surface area contributed by atoms with E-state index < -0.39 is 22.4 Å². The summed E-state index contributed by atoms with van der Waals surface area (Å²) in [6.07, 6.45) is 1.32. The predicted molar refractivity (Wildman–Crippen MR) is 95.6 cm³/mol. The van der Waals surface area contributed by atoms with Crippen LogP contribution in [0.15, 0.2) is 23.1 Å². The van der Waals surface area contributed by atoms with Gasteiger partial charge < -0.3 is 19.1 Å². The molecular weight excluding hydrogens is 384 g/mol. The summed E-state index contributed by atoms with van der Waals surface area (Å²) < 4.78 is 33.8. The second-order valence-electron chi connectivity index (χ2n) is 5.27. The van der Waals surface area contributed by atoms with Crippen LogP contribution in [0.1, 0.15) is 28.4 Å². The molecule has 0 aliphatic carbocycles. The summed E-state index contributed by atoms with van der Waals surface area (Å²) in [7, 11) is 1.49. The molecule has 142 valence electrons. The van der Waals surface area contributed by atoms with Gasteiger partial charge in [0.05, 0.1) is 11.6 Å². The molecule has 0 radical (unpaired) electrons. The number of benzene rings is 1. The van der Waals surface area contributed by atoms with Crippen molar-refractivity contribution in [1.82, 2.24) is 9.78 Å². The summed E-state index contributed by atoms with van der Waals surface area (Å²) in [5, 5.41) is 2.65. The maximum Gasteiger partial charge on any atom is 0.277 e. The number of hydrogen-bond acceptors (Lipinski definition) is 6. The second-order valence-corrected chi connectivity index (χ2v) is 6.54. The van der Waals surface area contributed by atoms with E-state index in [1.54, 1.807) is 6.92 Å². The molecule has 0 spiro atoms. The molecule has 1 atom stereocenters. The van der Waals surface area contributed by atoms with Crippen molar-refractivity contribution in [2.75, 3.05) is 20.3 Å². The quantitative estimate of drug-likeness (QED) is 0.387. The molecule has 1 aromatic heterocycles. The number of aromatic nitrogens is 2. The average molecular weight is 402 g/mol. The zero-order valence-electron chi connectivity index (χ0n) is 14.2. The summed E-state index contributed by atoms with van der Waals surface area (Å²) >= 11 is 3.95. The number of hydrogen-bond donors (Lipinski definition) is 1. The van der Waals surface area contributed by atoms with Gasteiger partial charge in [-0.05, 0) is 13.0 Å². The normalized spacial score (nSPS) is 12.2. The number of aromatic amines is 1. The highest BCUT2D eigenvalue weighted by atomic mass is 35.5. The molecule has 2 aromatic rings. The van der Waals surface area contributed by atoms with E-state index in [1.165, 1.54) is 30.1 Å². The minimum Gasteiger partial charge on any atom is -0.772 e. The SMILES string of the molecule is CCn1[nH]cc(C(=O)c2ccc(CS(=O)[O-])c(OCCOC)c2Cl)c1=O. The maximum atomic E-state index is 12.7. The Balaban J connectivity index is 2.46. The lowest BCUT2D eigenvalue weighted by Crippen LogP contribution is -2.21. The Kier molecular flexibility index (Phi) is 7.15. The van der Waals surface area contributed by atoms with Gasteiger partial charge in [-0.3, -0.25) is 18.5 Å². The fraction of sp³-hybridized carbons (Fsp3) is 0.375. The van der Waals surface area contributed by atoms with E-state index in [9.17, 15) is 18.4 Å². The third-order valence-electron chi connectivity index (χ3n) is 3.63. The number of ketones is 1. The summed E-state index contributed by atoms with van der Waals surface area (Å²) in [5.74, 6) is -0.802. The molecule has 26 heavy (non-hydrogen) atoms. The number of halogens is 1. The first kappa shape index (κ1) is 20.4. The largest absolute Gasteiger partial charge is 0.772 e. The maximum absolute atomic E-state index is 12.7. The van der Waals surface area contributed by atoms with E-state index in [0.29, 0.717) is 12.1 Å². The van der Waals surface area contributed by atoms with Gasteiger partial charge in [0.15, 0.2) is 0 Å². The molecular formula is C16H18ClN2O6S-. The molecule has 2 rings (SSSR count). The van der Waals surface area contributed by atoms with Gasteiger partial charge >= 0.3 is 0 Å². The molecule has 0 amide bonds. The fourth-order valence-electron chi connectivity index (χ4n) is 2.35. The van der Waals surface area contributed by atoms with Gasteiger partial charge in [-0.2, -0.15) is 0 Å². The van der Waals surface area contributed by atoms with Crippen LogP contribution in [0.2, 0.25) is 5.02 Å². The van der Waals surface area contributed by atoms with Crippen LogP contribution in [0, 0.1) is 0 Å². The highest BCUT2D eigenvalue weighted by Crippen LogP contribution is 2.34. The fourth-order valence-corrected chi connectivity index (χ4v) is 3.15. The third-order valence-corrected chi connectivity index (χ3v) is 4.55. The van der Waals surface area contributed by atoms with Crippen LogP contribution in [0.5, 0.6) is 5.75 Å². The first-order valence-electron chi connectivity index (χ1n) is 7.72. The monoisotopic (exact) mass is 401 g/mol. The Hall–Kier alpha value is -1.94. The summed E-state index contributed by atoms with van der Waals surface area (Å²) in [6, 6.07) is 2.83. The number of nitrogens with zero attached hydrogens (tertiary/aromatic N) is 1. The molecule has 1 heterocycles. The molecule has 10 heteroatoms. The Morgan fingerprint density at radius 2 is 2.08 bits per heavy atom. The Bertz CT molecular complexity index is 876. The smallest absolute Gasteiger partial charge is 0.277 e. The van der Waals surface area contributed by atoms with Gasteiger partial charge in [-0.15, -0.1) is 0 Å². The highest BCUT2D eigenvalue weighted by Gasteiger charge is 2.22. The number of ether oxygens (including phenoxy) is 2. The van der Waals surface area contributed by atoms with Crippen molar-refractivity contribution in [3.63, 3.8) is 0 Å². The second kappa shape index (κ2) is 9.13. The molecule has 0 bridgehead atoms. The average Bonchev–Trinajstić information content (AvgIpc) is 2.97. The topological polar surface area (TPSA) is 113 Å². The van der Waals surface area contributed by atoms with Gasteiger partial charge in [0.1, 0.15) is 17.9 Å². The van der Waals surface area contributed by atoms with Crippen molar-refractivity contribution in [2.45, 2.75) is 19.2 Å².